The maximum absolute atomic E-state index is 12.3. The first-order valence-electron chi connectivity index (χ1n) is 6.41. The van der Waals surface area contributed by atoms with Crippen LogP contribution in [0.15, 0.2) is 22.7 Å². The van der Waals surface area contributed by atoms with Gasteiger partial charge in [0.1, 0.15) is 12.4 Å². The molecule has 104 valence electrons. The fourth-order valence-corrected chi connectivity index (χ4v) is 2.62. The van der Waals surface area contributed by atoms with Gasteiger partial charge in [-0.1, -0.05) is 13.8 Å². The van der Waals surface area contributed by atoms with Gasteiger partial charge in [-0.2, -0.15) is 0 Å². The van der Waals surface area contributed by atoms with Crippen molar-refractivity contribution in [2.45, 2.75) is 20.3 Å². The minimum absolute atomic E-state index is 0.164. The van der Waals surface area contributed by atoms with Crippen LogP contribution in [0.4, 0.5) is 0 Å². The van der Waals surface area contributed by atoms with Gasteiger partial charge in [0.05, 0.1) is 11.1 Å². The van der Waals surface area contributed by atoms with Gasteiger partial charge in [0.25, 0.3) is 0 Å². The molecule has 0 spiro atoms. The highest BCUT2D eigenvalue weighted by Gasteiger charge is 2.50. The van der Waals surface area contributed by atoms with Gasteiger partial charge < -0.3 is 9.47 Å². The molecule has 0 amide bonds. The largest absolute Gasteiger partial charge is 0.490 e. The first-order chi connectivity index (χ1) is 8.95. The Morgan fingerprint density at radius 3 is 2.63 bits per heavy atom. The summed E-state index contributed by atoms with van der Waals surface area (Å²) in [5.74, 6) is 1.14. The van der Waals surface area contributed by atoms with E-state index in [2.05, 4.69) is 29.8 Å². The Labute approximate surface area is 122 Å². The zero-order valence-electron chi connectivity index (χ0n) is 11.5. The van der Waals surface area contributed by atoms with E-state index in [-0.39, 0.29) is 17.1 Å². The predicted octanol–water partition coefficient (Wildman–Crippen LogP) is 3.70. The van der Waals surface area contributed by atoms with E-state index < -0.39 is 0 Å². The second-order valence-electron chi connectivity index (χ2n) is 5.60. The van der Waals surface area contributed by atoms with Crippen molar-refractivity contribution in [1.82, 2.24) is 0 Å². The van der Waals surface area contributed by atoms with Crippen LogP contribution in [-0.2, 0) is 4.74 Å². The lowest BCUT2D eigenvalue weighted by molar-refractivity contribution is 0.0953. The Morgan fingerprint density at radius 1 is 1.42 bits per heavy atom. The molecule has 4 heteroatoms. The highest BCUT2D eigenvalue weighted by Crippen LogP contribution is 2.53. The maximum atomic E-state index is 12.3. The van der Waals surface area contributed by atoms with Crippen LogP contribution in [0.25, 0.3) is 0 Å². The third-order valence-electron chi connectivity index (χ3n) is 3.59. The number of halogens is 1. The fourth-order valence-electron chi connectivity index (χ4n) is 2.12. The Kier molecular flexibility index (Phi) is 4.31. The number of hydrogen-bond donors (Lipinski definition) is 0. The van der Waals surface area contributed by atoms with Crippen LogP contribution < -0.4 is 4.74 Å². The van der Waals surface area contributed by atoms with Crippen molar-refractivity contribution in [3.63, 3.8) is 0 Å². The number of Topliss-reactive ketones (excluding diaryl/α,β-unsaturated/α-hetero) is 1. The van der Waals surface area contributed by atoms with Gasteiger partial charge in [-0.05, 0) is 46.0 Å². The van der Waals surface area contributed by atoms with Gasteiger partial charge in [0.15, 0.2) is 5.78 Å². The quantitative estimate of drug-likeness (QED) is 0.590. The number of ketones is 1. The lowest BCUT2D eigenvalue weighted by Crippen LogP contribution is -2.08. The molecule has 1 atom stereocenters. The molecule has 0 aliphatic heterocycles. The minimum atomic E-state index is 0.164. The molecule has 0 N–H and O–H groups in total. The van der Waals surface area contributed by atoms with Crippen LogP contribution in [0.5, 0.6) is 5.75 Å². The SMILES string of the molecule is COCCOc1ccc(C(=O)C2CC2(C)C)cc1Br. The molecule has 1 aromatic rings. The monoisotopic (exact) mass is 326 g/mol. The summed E-state index contributed by atoms with van der Waals surface area (Å²) < 4.78 is 11.3. The molecule has 3 nitrogen and oxygen atoms in total. The van der Waals surface area contributed by atoms with E-state index in [1.807, 2.05) is 18.2 Å². The smallest absolute Gasteiger partial charge is 0.166 e. The molecule has 0 saturated heterocycles. The minimum Gasteiger partial charge on any atom is -0.490 e. The molecule has 1 saturated carbocycles. The van der Waals surface area contributed by atoms with Crippen LogP contribution in [0, 0.1) is 11.3 Å². The molecule has 1 unspecified atom stereocenters. The number of benzene rings is 1. The number of carbonyl (C=O) groups is 1. The average Bonchev–Trinajstić information content (AvgIpc) is 3.00. The van der Waals surface area contributed by atoms with Crippen LogP contribution in [-0.4, -0.2) is 26.1 Å². The van der Waals surface area contributed by atoms with E-state index in [4.69, 9.17) is 9.47 Å². The lowest BCUT2D eigenvalue weighted by atomic mass is 10.0. The molecule has 1 aromatic carbocycles. The second-order valence-corrected chi connectivity index (χ2v) is 6.45. The molecule has 2 rings (SSSR count). The third-order valence-corrected chi connectivity index (χ3v) is 4.21. The molecular formula is C15H19BrO3. The van der Waals surface area contributed by atoms with Crippen molar-refractivity contribution >= 4 is 21.7 Å². The van der Waals surface area contributed by atoms with Crippen molar-refractivity contribution < 1.29 is 14.3 Å². The van der Waals surface area contributed by atoms with E-state index in [1.165, 1.54) is 0 Å². The van der Waals surface area contributed by atoms with Crippen LogP contribution in [0.2, 0.25) is 0 Å². The van der Waals surface area contributed by atoms with Crippen molar-refractivity contribution in [2.24, 2.45) is 11.3 Å². The molecule has 1 aliphatic carbocycles. The van der Waals surface area contributed by atoms with Crippen LogP contribution in [0.1, 0.15) is 30.6 Å². The summed E-state index contributed by atoms with van der Waals surface area (Å²) in [5, 5.41) is 0. The zero-order valence-corrected chi connectivity index (χ0v) is 13.1. The molecule has 1 aliphatic rings. The molecular weight excluding hydrogens is 308 g/mol. The highest BCUT2D eigenvalue weighted by atomic mass is 79.9. The number of ether oxygens (including phenoxy) is 2. The van der Waals surface area contributed by atoms with E-state index in [0.29, 0.717) is 13.2 Å². The van der Waals surface area contributed by atoms with Gasteiger partial charge in [-0.25, -0.2) is 0 Å². The maximum Gasteiger partial charge on any atom is 0.166 e. The van der Waals surface area contributed by atoms with Crippen molar-refractivity contribution in [1.29, 1.82) is 0 Å². The summed E-state index contributed by atoms with van der Waals surface area (Å²) in [6, 6.07) is 5.52. The van der Waals surface area contributed by atoms with Crippen molar-refractivity contribution in [3.8, 4) is 5.75 Å². The topological polar surface area (TPSA) is 35.5 Å². The summed E-state index contributed by atoms with van der Waals surface area (Å²) in [4.78, 5) is 12.3. The van der Waals surface area contributed by atoms with Gasteiger partial charge in [-0.15, -0.1) is 0 Å². The van der Waals surface area contributed by atoms with Crippen LogP contribution >= 0.6 is 15.9 Å². The number of hydrogen-bond acceptors (Lipinski definition) is 3. The lowest BCUT2D eigenvalue weighted by Gasteiger charge is -2.09. The van der Waals surface area contributed by atoms with Gasteiger partial charge >= 0.3 is 0 Å². The Hall–Kier alpha value is -0.870. The van der Waals surface area contributed by atoms with Gasteiger partial charge in [-0.3, -0.25) is 4.79 Å². The first-order valence-corrected chi connectivity index (χ1v) is 7.20. The van der Waals surface area contributed by atoms with Gasteiger partial charge in [0.2, 0.25) is 0 Å². The number of carbonyl (C=O) groups excluding carboxylic acids is 1. The van der Waals surface area contributed by atoms with Crippen molar-refractivity contribution in [2.75, 3.05) is 20.3 Å². The number of rotatable bonds is 6. The molecule has 1 fully saturated rings. The highest BCUT2D eigenvalue weighted by molar-refractivity contribution is 9.10. The number of methoxy groups -OCH3 is 1. The third kappa shape index (κ3) is 3.37. The summed E-state index contributed by atoms with van der Waals surface area (Å²) >= 11 is 3.45. The summed E-state index contributed by atoms with van der Waals surface area (Å²) in [6.45, 7) is 5.31. The van der Waals surface area contributed by atoms with E-state index in [9.17, 15) is 4.79 Å². The zero-order chi connectivity index (χ0) is 14.0. The first kappa shape index (κ1) is 14.5. The molecule has 19 heavy (non-hydrogen) atoms. The second kappa shape index (κ2) is 5.63. The van der Waals surface area contributed by atoms with E-state index in [1.54, 1.807) is 7.11 Å². The van der Waals surface area contributed by atoms with Gasteiger partial charge in [0, 0.05) is 18.6 Å². The predicted molar refractivity (Wildman–Crippen MR) is 77.7 cm³/mol. The Balaban J connectivity index is 2.04. The molecule has 0 bridgehead atoms. The molecule has 0 radical (unpaired) electrons. The van der Waals surface area contributed by atoms with Crippen LogP contribution in [0.3, 0.4) is 0 Å². The molecule has 0 heterocycles. The Morgan fingerprint density at radius 2 is 2.11 bits per heavy atom. The summed E-state index contributed by atoms with van der Waals surface area (Å²) in [7, 11) is 1.64. The average molecular weight is 327 g/mol. The summed E-state index contributed by atoms with van der Waals surface area (Å²) in [5.41, 5.74) is 0.915. The Bertz CT molecular complexity index is 482. The van der Waals surface area contributed by atoms with Crippen molar-refractivity contribution in [3.05, 3.63) is 28.2 Å². The molecule has 0 aromatic heterocycles. The van der Waals surface area contributed by atoms with E-state index in [0.717, 1.165) is 22.2 Å². The summed E-state index contributed by atoms with van der Waals surface area (Å²) in [6.07, 6.45) is 0.982. The van der Waals surface area contributed by atoms with E-state index >= 15 is 0 Å². The fraction of sp³-hybridized carbons (Fsp3) is 0.533. The standard InChI is InChI=1S/C15H19BrO3/c1-15(2)9-11(15)14(17)10-4-5-13(12(16)8-10)19-7-6-18-3/h4-5,8,11H,6-7,9H2,1-3H3. The normalized spacial score (nSPS) is 20.1.